The first kappa shape index (κ1) is 19.2. The molecule has 25 heavy (non-hydrogen) atoms. The molecule has 0 aromatic carbocycles. The van der Waals surface area contributed by atoms with Crippen LogP contribution in [0.2, 0.25) is 0 Å². The molecule has 1 atom stereocenters. The van der Waals surface area contributed by atoms with E-state index in [-0.39, 0.29) is 6.09 Å². The number of alkyl carbamates (subject to hydrolysis) is 1. The second-order valence-corrected chi connectivity index (χ2v) is 7.77. The molecule has 1 N–H and O–H groups in total. The Morgan fingerprint density at radius 2 is 2.16 bits per heavy atom. The molecule has 0 saturated carbocycles. The molecule has 7 heteroatoms. The molecule has 2 heterocycles. The van der Waals surface area contributed by atoms with Crippen molar-refractivity contribution in [2.24, 2.45) is 5.92 Å². The summed E-state index contributed by atoms with van der Waals surface area (Å²) in [6.07, 6.45) is 5.52. The molecule has 0 spiro atoms. The fraction of sp³-hybridized carbons (Fsp3) is 0.500. The van der Waals surface area contributed by atoms with Crippen LogP contribution in [-0.2, 0) is 4.74 Å². The summed E-state index contributed by atoms with van der Waals surface area (Å²) >= 11 is 1.58. The number of thiophene rings is 1. The summed E-state index contributed by atoms with van der Waals surface area (Å²) in [5.41, 5.74) is 0.369. The second-order valence-electron chi connectivity index (χ2n) is 6.86. The van der Waals surface area contributed by atoms with Crippen LogP contribution in [0.25, 0.3) is 10.6 Å². The second kappa shape index (κ2) is 8.80. The summed E-state index contributed by atoms with van der Waals surface area (Å²) in [5.74, 6) is 1.13. The van der Waals surface area contributed by atoms with Crippen molar-refractivity contribution in [1.29, 1.82) is 0 Å². The van der Waals surface area contributed by atoms with Crippen LogP contribution in [0.4, 0.5) is 4.79 Å². The Bertz CT molecular complexity index is 668. The van der Waals surface area contributed by atoms with Gasteiger partial charge in [-0.05, 0) is 33.1 Å². The van der Waals surface area contributed by atoms with E-state index in [1.165, 1.54) is 0 Å². The highest BCUT2D eigenvalue weighted by Gasteiger charge is 2.16. The Kier molecular flexibility index (Phi) is 6.75. The Morgan fingerprint density at radius 3 is 2.84 bits per heavy atom. The summed E-state index contributed by atoms with van der Waals surface area (Å²) in [6.45, 7) is 8.76. The predicted octanol–water partition coefficient (Wildman–Crippen LogP) is 4.13. The highest BCUT2D eigenvalue weighted by Crippen LogP contribution is 2.29. The minimum Gasteiger partial charge on any atom is -0.493 e. The highest BCUT2D eigenvalue weighted by molar-refractivity contribution is 7.13. The number of rotatable bonds is 7. The van der Waals surface area contributed by atoms with E-state index in [0.717, 1.165) is 22.7 Å². The van der Waals surface area contributed by atoms with Crippen LogP contribution in [0.3, 0.4) is 0 Å². The zero-order chi connectivity index (χ0) is 18.3. The van der Waals surface area contributed by atoms with Crippen molar-refractivity contribution >= 4 is 17.4 Å². The summed E-state index contributed by atoms with van der Waals surface area (Å²) in [5, 5.41) is 4.75. The van der Waals surface area contributed by atoms with Crippen LogP contribution in [0, 0.1) is 5.92 Å². The van der Waals surface area contributed by atoms with Crippen molar-refractivity contribution in [3.63, 3.8) is 0 Å². The van der Waals surface area contributed by atoms with Crippen LogP contribution in [0.1, 0.15) is 34.1 Å². The lowest BCUT2D eigenvalue weighted by Gasteiger charge is -2.20. The number of amides is 1. The van der Waals surface area contributed by atoms with Gasteiger partial charge in [-0.1, -0.05) is 6.92 Å². The van der Waals surface area contributed by atoms with E-state index in [2.05, 4.69) is 22.2 Å². The number of nitrogens with zero attached hydrogens (tertiary/aromatic N) is 2. The van der Waals surface area contributed by atoms with Crippen molar-refractivity contribution in [3.05, 3.63) is 30.0 Å². The predicted molar refractivity (Wildman–Crippen MR) is 98.9 cm³/mol. The van der Waals surface area contributed by atoms with Crippen molar-refractivity contribution < 1.29 is 14.3 Å². The molecule has 2 aromatic rings. The molecule has 0 aliphatic rings. The molecule has 0 radical (unpaired) electrons. The quantitative estimate of drug-likeness (QED) is 0.800. The highest BCUT2D eigenvalue weighted by atomic mass is 32.1. The van der Waals surface area contributed by atoms with Crippen LogP contribution < -0.4 is 10.1 Å². The molecule has 0 bridgehead atoms. The molecule has 136 valence electrons. The van der Waals surface area contributed by atoms with E-state index < -0.39 is 5.60 Å². The third-order valence-electron chi connectivity index (χ3n) is 3.26. The van der Waals surface area contributed by atoms with Gasteiger partial charge in [0.1, 0.15) is 11.4 Å². The molecule has 6 nitrogen and oxygen atoms in total. The molecular weight excluding hydrogens is 338 g/mol. The van der Waals surface area contributed by atoms with Crippen molar-refractivity contribution in [2.45, 2.75) is 39.7 Å². The van der Waals surface area contributed by atoms with Crippen LogP contribution in [-0.4, -0.2) is 34.8 Å². The van der Waals surface area contributed by atoms with Gasteiger partial charge >= 0.3 is 6.09 Å². The lowest BCUT2D eigenvalue weighted by molar-refractivity contribution is 0.0518. The number of hydrogen-bond acceptors (Lipinski definition) is 6. The lowest BCUT2D eigenvalue weighted by Crippen LogP contribution is -2.35. The molecule has 2 aromatic heterocycles. The number of ether oxygens (including phenoxy) is 2. The van der Waals surface area contributed by atoms with Gasteiger partial charge in [-0.15, -0.1) is 11.3 Å². The average Bonchev–Trinajstić information content (AvgIpc) is 3.01. The maximum absolute atomic E-state index is 11.6. The minimum absolute atomic E-state index is 0.297. The van der Waals surface area contributed by atoms with Crippen LogP contribution >= 0.6 is 11.3 Å². The summed E-state index contributed by atoms with van der Waals surface area (Å²) in [4.78, 5) is 21.0. The topological polar surface area (TPSA) is 73.3 Å². The maximum atomic E-state index is 11.6. The molecule has 2 rings (SSSR count). The normalized spacial score (nSPS) is 12.5. The molecule has 0 saturated heterocycles. The van der Waals surface area contributed by atoms with Gasteiger partial charge in [0, 0.05) is 30.4 Å². The van der Waals surface area contributed by atoms with E-state index in [9.17, 15) is 4.79 Å². The SMILES string of the molecule is CC(CCOc1csc(-c2cnccn2)c1)CNC(=O)OC(C)(C)C. The van der Waals surface area contributed by atoms with E-state index in [0.29, 0.717) is 19.1 Å². The zero-order valence-electron chi connectivity index (χ0n) is 15.1. The summed E-state index contributed by atoms with van der Waals surface area (Å²) in [6, 6.07) is 1.97. The third kappa shape index (κ3) is 7.09. The lowest BCUT2D eigenvalue weighted by atomic mass is 10.1. The number of nitrogens with one attached hydrogen (secondary N) is 1. The number of hydrogen-bond donors (Lipinski definition) is 1. The number of aromatic nitrogens is 2. The van der Waals surface area contributed by atoms with Gasteiger partial charge in [0.05, 0.1) is 23.4 Å². The smallest absolute Gasteiger partial charge is 0.407 e. The maximum Gasteiger partial charge on any atom is 0.407 e. The van der Waals surface area contributed by atoms with Crippen molar-refractivity contribution in [3.8, 4) is 16.3 Å². The Morgan fingerprint density at radius 1 is 1.36 bits per heavy atom. The van der Waals surface area contributed by atoms with Crippen molar-refractivity contribution in [2.75, 3.05) is 13.2 Å². The Hall–Kier alpha value is -2.15. The first-order valence-corrected chi connectivity index (χ1v) is 9.16. The van der Waals surface area contributed by atoms with Gasteiger partial charge in [0.25, 0.3) is 0 Å². The first-order valence-electron chi connectivity index (χ1n) is 8.28. The fourth-order valence-electron chi connectivity index (χ4n) is 2.01. The van der Waals surface area contributed by atoms with Crippen molar-refractivity contribution in [1.82, 2.24) is 15.3 Å². The van der Waals surface area contributed by atoms with E-state index in [4.69, 9.17) is 9.47 Å². The monoisotopic (exact) mass is 363 g/mol. The fourth-order valence-corrected chi connectivity index (χ4v) is 2.80. The Labute approximate surface area is 152 Å². The molecule has 1 unspecified atom stereocenters. The molecule has 0 fully saturated rings. The van der Waals surface area contributed by atoms with Gasteiger partial charge in [0.15, 0.2) is 0 Å². The largest absolute Gasteiger partial charge is 0.493 e. The number of carbonyl (C=O) groups excluding carboxylic acids is 1. The van der Waals surface area contributed by atoms with Crippen LogP contribution in [0.5, 0.6) is 5.75 Å². The molecular formula is C18H25N3O3S. The summed E-state index contributed by atoms with van der Waals surface area (Å²) < 4.78 is 11.0. The first-order chi connectivity index (χ1) is 11.8. The van der Waals surface area contributed by atoms with Gasteiger partial charge in [-0.3, -0.25) is 9.97 Å². The van der Waals surface area contributed by atoms with E-state index >= 15 is 0 Å². The van der Waals surface area contributed by atoms with E-state index in [1.807, 2.05) is 32.2 Å². The van der Waals surface area contributed by atoms with Gasteiger partial charge < -0.3 is 14.8 Å². The minimum atomic E-state index is -0.476. The Balaban J connectivity index is 1.69. The molecule has 0 aliphatic heterocycles. The molecule has 1 amide bonds. The standard InChI is InChI=1S/C18H25N3O3S/c1-13(10-21-17(22)24-18(2,3)4)5-8-23-14-9-16(25-12-14)15-11-19-6-7-20-15/h6-7,9,11-13H,5,8,10H2,1-4H3,(H,21,22). The van der Waals surface area contributed by atoms with Gasteiger partial charge in [-0.2, -0.15) is 0 Å². The van der Waals surface area contributed by atoms with Crippen LogP contribution in [0.15, 0.2) is 30.0 Å². The third-order valence-corrected chi connectivity index (χ3v) is 4.20. The number of carbonyl (C=O) groups is 1. The van der Waals surface area contributed by atoms with E-state index in [1.54, 1.807) is 29.9 Å². The molecule has 0 aliphatic carbocycles. The average molecular weight is 363 g/mol. The van der Waals surface area contributed by atoms with Gasteiger partial charge in [-0.25, -0.2) is 4.79 Å². The summed E-state index contributed by atoms with van der Waals surface area (Å²) in [7, 11) is 0. The van der Waals surface area contributed by atoms with Gasteiger partial charge in [0.2, 0.25) is 0 Å². The zero-order valence-corrected chi connectivity index (χ0v) is 15.9.